The van der Waals surface area contributed by atoms with Gasteiger partial charge in [-0.05, 0) is 48.9 Å². The van der Waals surface area contributed by atoms with Crippen molar-refractivity contribution in [3.8, 4) is 11.3 Å². The van der Waals surface area contributed by atoms with E-state index in [1.165, 1.54) is 19.1 Å². The molecule has 3 rings (SSSR count). The standard InChI is InChI=1S/C19H19N3O4S2/c1-3-27(23,24)19-11-10-18(20-21-19)15-7-5-8-16(13-15)22-28(25,26)17-9-4-6-14(2)12-17/h4-13,22H,3H2,1-2H3. The molecule has 0 amide bonds. The minimum atomic E-state index is -3.73. The predicted octanol–water partition coefficient (Wildman–Crippen LogP) is 3.05. The Bertz CT molecular complexity index is 1210. The van der Waals surface area contributed by atoms with Gasteiger partial charge >= 0.3 is 0 Å². The quantitative estimate of drug-likeness (QED) is 0.661. The minimum absolute atomic E-state index is 0.0583. The summed E-state index contributed by atoms with van der Waals surface area (Å²) in [6, 6.07) is 16.2. The van der Waals surface area contributed by atoms with Gasteiger partial charge in [0.2, 0.25) is 0 Å². The second kappa shape index (κ2) is 7.69. The third kappa shape index (κ3) is 4.37. The van der Waals surface area contributed by atoms with Crippen molar-refractivity contribution in [1.82, 2.24) is 10.2 Å². The lowest BCUT2D eigenvalue weighted by molar-refractivity contribution is 0.591. The molecule has 0 aliphatic carbocycles. The normalized spacial score (nSPS) is 11.9. The number of sulfonamides is 1. The summed E-state index contributed by atoms with van der Waals surface area (Å²) in [5.41, 5.74) is 2.25. The van der Waals surface area contributed by atoms with Crippen molar-refractivity contribution in [2.75, 3.05) is 10.5 Å². The lowest BCUT2D eigenvalue weighted by Crippen LogP contribution is -2.13. The molecule has 0 atom stereocenters. The Kier molecular flexibility index (Phi) is 5.48. The molecule has 28 heavy (non-hydrogen) atoms. The molecule has 0 radical (unpaired) electrons. The van der Waals surface area contributed by atoms with Crippen LogP contribution in [0.25, 0.3) is 11.3 Å². The lowest BCUT2D eigenvalue weighted by atomic mass is 10.1. The summed E-state index contributed by atoms with van der Waals surface area (Å²) in [5.74, 6) is -0.0583. The van der Waals surface area contributed by atoms with E-state index in [-0.39, 0.29) is 15.7 Å². The highest BCUT2D eigenvalue weighted by molar-refractivity contribution is 7.92. The van der Waals surface area contributed by atoms with Crippen LogP contribution in [0.4, 0.5) is 5.69 Å². The third-order valence-corrected chi connectivity index (χ3v) is 7.04. The van der Waals surface area contributed by atoms with E-state index in [1.54, 1.807) is 42.5 Å². The van der Waals surface area contributed by atoms with E-state index in [0.717, 1.165) is 5.56 Å². The van der Waals surface area contributed by atoms with E-state index >= 15 is 0 Å². The van der Waals surface area contributed by atoms with Gasteiger partial charge in [-0.3, -0.25) is 4.72 Å². The van der Waals surface area contributed by atoms with E-state index in [0.29, 0.717) is 16.9 Å². The molecule has 146 valence electrons. The smallest absolute Gasteiger partial charge is 0.261 e. The number of anilines is 1. The van der Waals surface area contributed by atoms with Crippen molar-refractivity contribution >= 4 is 25.5 Å². The van der Waals surface area contributed by atoms with Crippen molar-refractivity contribution in [2.24, 2.45) is 0 Å². The van der Waals surface area contributed by atoms with Crippen molar-refractivity contribution in [2.45, 2.75) is 23.8 Å². The molecule has 0 spiro atoms. The van der Waals surface area contributed by atoms with Gasteiger partial charge in [0.25, 0.3) is 10.0 Å². The van der Waals surface area contributed by atoms with Gasteiger partial charge < -0.3 is 0 Å². The number of hydrogen-bond donors (Lipinski definition) is 1. The summed E-state index contributed by atoms with van der Waals surface area (Å²) in [4.78, 5) is 0.173. The van der Waals surface area contributed by atoms with Gasteiger partial charge in [-0.1, -0.05) is 31.2 Å². The molecule has 9 heteroatoms. The number of aryl methyl sites for hydroxylation is 1. The van der Waals surface area contributed by atoms with Crippen molar-refractivity contribution in [3.05, 3.63) is 66.2 Å². The maximum Gasteiger partial charge on any atom is 0.261 e. The van der Waals surface area contributed by atoms with Gasteiger partial charge in [-0.15, -0.1) is 10.2 Å². The van der Waals surface area contributed by atoms with Crippen LogP contribution in [0.5, 0.6) is 0 Å². The monoisotopic (exact) mass is 417 g/mol. The first-order valence-corrected chi connectivity index (χ1v) is 11.6. The Morgan fingerprint density at radius 1 is 0.893 bits per heavy atom. The zero-order valence-corrected chi connectivity index (χ0v) is 17.0. The number of aromatic nitrogens is 2. The minimum Gasteiger partial charge on any atom is -0.280 e. The van der Waals surface area contributed by atoms with Crippen LogP contribution in [0.3, 0.4) is 0 Å². The fourth-order valence-electron chi connectivity index (χ4n) is 2.53. The highest BCUT2D eigenvalue weighted by Crippen LogP contribution is 2.23. The Labute approximate surface area is 164 Å². The number of benzene rings is 2. The van der Waals surface area contributed by atoms with Gasteiger partial charge in [0.05, 0.1) is 16.3 Å². The summed E-state index contributed by atoms with van der Waals surface area (Å²) in [6.45, 7) is 3.36. The first-order valence-electron chi connectivity index (χ1n) is 8.48. The van der Waals surface area contributed by atoms with E-state index in [4.69, 9.17) is 0 Å². The van der Waals surface area contributed by atoms with Crippen LogP contribution in [0.15, 0.2) is 70.6 Å². The molecule has 3 aromatic rings. The molecule has 0 bridgehead atoms. The third-order valence-electron chi connectivity index (χ3n) is 4.05. The number of hydrogen-bond acceptors (Lipinski definition) is 6. The average molecular weight is 418 g/mol. The summed E-state index contributed by atoms with van der Waals surface area (Å²) in [5, 5.41) is 7.66. The molecule has 7 nitrogen and oxygen atoms in total. The van der Waals surface area contributed by atoms with Gasteiger partial charge in [0.15, 0.2) is 14.9 Å². The molecule has 0 aliphatic rings. The molecule has 1 heterocycles. The fourth-order valence-corrected chi connectivity index (χ4v) is 4.42. The van der Waals surface area contributed by atoms with Crippen LogP contribution in [0, 0.1) is 6.92 Å². The zero-order valence-electron chi connectivity index (χ0n) is 15.3. The highest BCUT2D eigenvalue weighted by atomic mass is 32.2. The van der Waals surface area contributed by atoms with Gasteiger partial charge in [0.1, 0.15) is 0 Å². The molecule has 0 fully saturated rings. The molecule has 2 aromatic carbocycles. The van der Waals surface area contributed by atoms with Crippen molar-refractivity contribution in [3.63, 3.8) is 0 Å². The van der Waals surface area contributed by atoms with Crippen LogP contribution in [-0.4, -0.2) is 32.8 Å². The highest BCUT2D eigenvalue weighted by Gasteiger charge is 2.16. The van der Waals surface area contributed by atoms with E-state index in [1.807, 2.05) is 13.0 Å². The predicted molar refractivity (Wildman–Crippen MR) is 107 cm³/mol. The maximum atomic E-state index is 12.6. The molecule has 0 saturated heterocycles. The SMILES string of the molecule is CCS(=O)(=O)c1ccc(-c2cccc(NS(=O)(=O)c3cccc(C)c3)c2)nn1. The number of rotatable bonds is 6. The van der Waals surface area contributed by atoms with Crippen LogP contribution in [-0.2, 0) is 19.9 Å². The van der Waals surface area contributed by atoms with Crippen molar-refractivity contribution in [1.29, 1.82) is 0 Å². The van der Waals surface area contributed by atoms with E-state index in [9.17, 15) is 16.8 Å². The molecule has 1 aromatic heterocycles. The molecule has 0 unspecified atom stereocenters. The molecule has 0 saturated carbocycles. The largest absolute Gasteiger partial charge is 0.280 e. The molecule has 1 N–H and O–H groups in total. The van der Waals surface area contributed by atoms with Crippen molar-refractivity contribution < 1.29 is 16.8 Å². The van der Waals surface area contributed by atoms with Gasteiger partial charge in [-0.2, -0.15) is 0 Å². The average Bonchev–Trinajstić information content (AvgIpc) is 2.68. The Morgan fingerprint density at radius 2 is 1.64 bits per heavy atom. The first-order chi connectivity index (χ1) is 13.2. The van der Waals surface area contributed by atoms with E-state index < -0.39 is 19.9 Å². The van der Waals surface area contributed by atoms with Gasteiger partial charge in [0, 0.05) is 11.3 Å². The summed E-state index contributed by atoms with van der Waals surface area (Å²) in [7, 11) is -7.16. The van der Waals surface area contributed by atoms with Crippen LogP contribution in [0.1, 0.15) is 12.5 Å². The summed E-state index contributed by atoms with van der Waals surface area (Å²) in [6.07, 6.45) is 0. The van der Waals surface area contributed by atoms with Crippen LogP contribution < -0.4 is 4.72 Å². The fraction of sp³-hybridized carbons (Fsp3) is 0.158. The summed E-state index contributed by atoms with van der Waals surface area (Å²) < 4.78 is 51.4. The molecular weight excluding hydrogens is 398 g/mol. The second-order valence-electron chi connectivity index (χ2n) is 6.16. The Morgan fingerprint density at radius 3 is 2.29 bits per heavy atom. The maximum absolute atomic E-state index is 12.6. The summed E-state index contributed by atoms with van der Waals surface area (Å²) >= 11 is 0. The van der Waals surface area contributed by atoms with Crippen LogP contribution >= 0.6 is 0 Å². The zero-order chi connectivity index (χ0) is 20.4. The Hall–Kier alpha value is -2.78. The molecule has 0 aliphatic heterocycles. The second-order valence-corrected chi connectivity index (χ2v) is 10.1. The topological polar surface area (TPSA) is 106 Å². The molecular formula is C19H19N3O4S2. The van der Waals surface area contributed by atoms with Gasteiger partial charge in [-0.25, -0.2) is 16.8 Å². The first kappa shape index (κ1) is 20.0. The number of sulfone groups is 1. The van der Waals surface area contributed by atoms with Crippen LogP contribution in [0.2, 0.25) is 0 Å². The lowest BCUT2D eigenvalue weighted by Gasteiger charge is -2.10. The number of nitrogens with one attached hydrogen (secondary N) is 1. The van der Waals surface area contributed by atoms with E-state index in [2.05, 4.69) is 14.9 Å². The Balaban J connectivity index is 1.89. The number of nitrogens with zero attached hydrogens (tertiary/aromatic N) is 2.